The number of amides is 1. The summed E-state index contributed by atoms with van der Waals surface area (Å²) in [6, 6.07) is 12.5. The van der Waals surface area contributed by atoms with E-state index in [0.29, 0.717) is 6.54 Å². The number of benzene rings is 1. The zero-order chi connectivity index (χ0) is 17.9. The van der Waals surface area contributed by atoms with Gasteiger partial charge in [-0.1, -0.05) is 39.0 Å². The van der Waals surface area contributed by atoms with E-state index in [1.54, 1.807) is 11.3 Å². The largest absolute Gasteiger partial charge is 0.381 e. The van der Waals surface area contributed by atoms with Crippen LogP contribution in [0, 0.1) is 0 Å². The van der Waals surface area contributed by atoms with Gasteiger partial charge in [0.2, 0.25) is 0 Å². The van der Waals surface area contributed by atoms with Gasteiger partial charge in [0.05, 0.1) is 6.54 Å². The zero-order valence-electron chi connectivity index (χ0n) is 15.3. The highest BCUT2D eigenvalue weighted by Gasteiger charge is 2.27. The Hall–Kier alpha value is -1.65. The van der Waals surface area contributed by atoms with E-state index in [-0.39, 0.29) is 17.4 Å². The van der Waals surface area contributed by atoms with Gasteiger partial charge in [-0.2, -0.15) is 0 Å². The van der Waals surface area contributed by atoms with Crippen LogP contribution in [0.1, 0.15) is 54.4 Å². The minimum absolute atomic E-state index is 0.0962. The Labute approximate surface area is 154 Å². The first-order valence-electron chi connectivity index (χ1n) is 8.97. The quantitative estimate of drug-likeness (QED) is 0.781. The zero-order valence-corrected chi connectivity index (χ0v) is 16.1. The van der Waals surface area contributed by atoms with Crippen LogP contribution < -0.4 is 0 Å². The third kappa shape index (κ3) is 4.50. The van der Waals surface area contributed by atoms with Crippen LogP contribution >= 0.6 is 11.3 Å². The molecule has 1 aromatic carbocycles. The molecular weight excluding hydrogens is 330 g/mol. The molecule has 1 amide bonds. The molecule has 3 rings (SSSR count). The van der Waals surface area contributed by atoms with Crippen molar-refractivity contribution in [2.75, 3.05) is 13.2 Å². The van der Waals surface area contributed by atoms with Crippen molar-refractivity contribution in [2.45, 2.75) is 51.6 Å². The summed E-state index contributed by atoms with van der Waals surface area (Å²) in [5.41, 5.74) is 2.12. The summed E-state index contributed by atoms with van der Waals surface area (Å²) in [7, 11) is 0. The normalized spacial score (nSPS) is 16.0. The Morgan fingerprint density at radius 1 is 1.16 bits per heavy atom. The minimum Gasteiger partial charge on any atom is -0.381 e. The summed E-state index contributed by atoms with van der Waals surface area (Å²) < 4.78 is 5.49. The molecule has 0 N–H and O–H groups in total. The van der Waals surface area contributed by atoms with Crippen LogP contribution in [0.2, 0.25) is 0 Å². The maximum Gasteiger partial charge on any atom is 0.254 e. The van der Waals surface area contributed by atoms with E-state index in [1.165, 1.54) is 10.4 Å². The number of thiophene rings is 1. The van der Waals surface area contributed by atoms with Crippen molar-refractivity contribution in [1.82, 2.24) is 4.90 Å². The van der Waals surface area contributed by atoms with Crippen LogP contribution in [0.15, 0.2) is 41.8 Å². The van der Waals surface area contributed by atoms with Crippen LogP contribution in [0.3, 0.4) is 0 Å². The van der Waals surface area contributed by atoms with Gasteiger partial charge in [0.15, 0.2) is 0 Å². The van der Waals surface area contributed by atoms with Crippen LogP contribution in [0.25, 0.3) is 0 Å². The molecular formula is C21H27NO2S. The number of hydrogen-bond donors (Lipinski definition) is 0. The lowest BCUT2D eigenvalue weighted by atomic mass is 9.86. The molecule has 1 aliphatic rings. The van der Waals surface area contributed by atoms with Crippen molar-refractivity contribution in [3.05, 3.63) is 57.8 Å². The smallest absolute Gasteiger partial charge is 0.254 e. The third-order valence-electron chi connectivity index (χ3n) is 4.80. The maximum absolute atomic E-state index is 13.2. The van der Waals surface area contributed by atoms with E-state index in [4.69, 9.17) is 4.74 Å². The fourth-order valence-corrected chi connectivity index (χ4v) is 3.92. The molecule has 0 aliphatic carbocycles. The summed E-state index contributed by atoms with van der Waals surface area (Å²) in [6.45, 7) is 8.73. The highest BCUT2D eigenvalue weighted by molar-refractivity contribution is 7.09. The standard InChI is InChI=1S/C21H27NO2S/c1-21(2,3)17-8-6-16(7-9-17)20(23)22(15-19-5-4-14-25-19)18-10-12-24-13-11-18/h4-9,14,18H,10-13,15H2,1-3H3. The van der Waals surface area contributed by atoms with E-state index in [1.807, 2.05) is 23.1 Å². The van der Waals surface area contributed by atoms with Gasteiger partial charge in [0.25, 0.3) is 5.91 Å². The Morgan fingerprint density at radius 2 is 1.84 bits per heavy atom. The molecule has 1 saturated heterocycles. The monoisotopic (exact) mass is 357 g/mol. The molecule has 1 fully saturated rings. The van der Waals surface area contributed by atoms with E-state index in [0.717, 1.165) is 31.6 Å². The van der Waals surface area contributed by atoms with Crippen LogP contribution in [-0.2, 0) is 16.7 Å². The van der Waals surface area contributed by atoms with Gasteiger partial charge in [-0.3, -0.25) is 4.79 Å². The van der Waals surface area contributed by atoms with Crippen LogP contribution in [-0.4, -0.2) is 30.1 Å². The number of carbonyl (C=O) groups excluding carboxylic acids is 1. The molecule has 0 saturated carbocycles. The second-order valence-corrected chi connectivity index (χ2v) is 8.72. The molecule has 2 heterocycles. The Balaban J connectivity index is 1.82. The van der Waals surface area contributed by atoms with E-state index >= 15 is 0 Å². The molecule has 1 aromatic heterocycles. The molecule has 0 unspecified atom stereocenters. The van der Waals surface area contributed by atoms with Crippen molar-refractivity contribution in [1.29, 1.82) is 0 Å². The molecule has 3 nitrogen and oxygen atoms in total. The van der Waals surface area contributed by atoms with E-state index in [9.17, 15) is 4.79 Å². The minimum atomic E-state index is 0.0962. The lowest BCUT2D eigenvalue weighted by Gasteiger charge is -2.34. The molecule has 0 radical (unpaired) electrons. The van der Waals surface area contributed by atoms with Crippen LogP contribution in [0.5, 0.6) is 0 Å². The first-order valence-corrected chi connectivity index (χ1v) is 9.85. The Kier molecular flexibility index (Phi) is 5.60. The van der Waals surface area contributed by atoms with Gasteiger partial charge < -0.3 is 9.64 Å². The van der Waals surface area contributed by atoms with E-state index in [2.05, 4.69) is 44.4 Å². The highest BCUT2D eigenvalue weighted by Crippen LogP contribution is 2.25. The van der Waals surface area contributed by atoms with Gasteiger partial charge in [0.1, 0.15) is 0 Å². The second kappa shape index (κ2) is 7.71. The molecule has 4 heteroatoms. The van der Waals surface area contributed by atoms with E-state index < -0.39 is 0 Å². The lowest BCUT2D eigenvalue weighted by Crippen LogP contribution is -2.42. The van der Waals surface area contributed by atoms with Crippen molar-refractivity contribution in [3.8, 4) is 0 Å². The Morgan fingerprint density at radius 3 is 2.40 bits per heavy atom. The summed E-state index contributed by atoms with van der Waals surface area (Å²) in [4.78, 5) is 16.5. The highest BCUT2D eigenvalue weighted by atomic mass is 32.1. The molecule has 1 aliphatic heterocycles. The molecule has 25 heavy (non-hydrogen) atoms. The first-order chi connectivity index (χ1) is 11.9. The van der Waals surface area contributed by atoms with Crippen LogP contribution in [0.4, 0.5) is 0 Å². The predicted octanol–water partition coefficient (Wildman–Crippen LogP) is 4.87. The van der Waals surface area contributed by atoms with Gasteiger partial charge in [0, 0.05) is 29.7 Å². The molecule has 0 bridgehead atoms. The number of rotatable bonds is 4. The fraction of sp³-hybridized carbons (Fsp3) is 0.476. The fourth-order valence-electron chi connectivity index (χ4n) is 3.21. The second-order valence-electron chi connectivity index (χ2n) is 7.68. The summed E-state index contributed by atoms with van der Waals surface area (Å²) in [5, 5.41) is 2.07. The Bertz CT molecular complexity index is 680. The molecule has 0 spiro atoms. The van der Waals surface area contributed by atoms with Gasteiger partial charge in [-0.05, 0) is 47.4 Å². The first kappa shape index (κ1) is 18.2. The number of nitrogens with zero attached hydrogens (tertiary/aromatic N) is 1. The van der Waals surface area contributed by atoms with Crippen molar-refractivity contribution < 1.29 is 9.53 Å². The lowest BCUT2D eigenvalue weighted by molar-refractivity contribution is 0.0270. The average Bonchev–Trinajstić information content (AvgIpc) is 3.12. The number of carbonyl (C=O) groups is 1. The van der Waals surface area contributed by atoms with Crippen molar-refractivity contribution in [2.24, 2.45) is 0 Å². The molecule has 0 atom stereocenters. The molecule has 2 aromatic rings. The predicted molar refractivity (Wildman–Crippen MR) is 103 cm³/mol. The third-order valence-corrected chi connectivity index (χ3v) is 5.66. The van der Waals surface area contributed by atoms with Gasteiger partial charge in [-0.15, -0.1) is 11.3 Å². The van der Waals surface area contributed by atoms with Gasteiger partial charge >= 0.3 is 0 Å². The SMILES string of the molecule is CC(C)(C)c1ccc(C(=O)N(Cc2cccs2)C2CCOCC2)cc1. The average molecular weight is 358 g/mol. The number of hydrogen-bond acceptors (Lipinski definition) is 3. The van der Waals surface area contributed by atoms with Gasteiger partial charge in [-0.25, -0.2) is 0 Å². The molecule has 134 valence electrons. The van der Waals surface area contributed by atoms with Crippen molar-refractivity contribution >= 4 is 17.2 Å². The number of ether oxygens (including phenoxy) is 1. The summed E-state index contributed by atoms with van der Waals surface area (Å²) >= 11 is 1.71. The summed E-state index contributed by atoms with van der Waals surface area (Å²) in [6.07, 6.45) is 1.83. The maximum atomic E-state index is 13.2. The summed E-state index contributed by atoms with van der Waals surface area (Å²) in [5.74, 6) is 0.126. The topological polar surface area (TPSA) is 29.5 Å². The van der Waals surface area contributed by atoms with Crippen molar-refractivity contribution in [3.63, 3.8) is 0 Å².